The number of carbonyl (C=O) groups is 2. The third-order valence-electron chi connectivity index (χ3n) is 2.03. The van der Waals surface area contributed by atoms with E-state index in [-0.39, 0.29) is 6.61 Å². The quantitative estimate of drug-likeness (QED) is 0.798. The fourth-order valence-electron chi connectivity index (χ4n) is 1.37. The molecule has 0 aromatic carbocycles. The lowest BCUT2D eigenvalue weighted by molar-refractivity contribution is -0.0131. The summed E-state index contributed by atoms with van der Waals surface area (Å²) >= 11 is 0. The van der Waals surface area contributed by atoms with Crippen LogP contribution in [0, 0.1) is 0 Å². The first-order chi connectivity index (χ1) is 8.87. The Morgan fingerprint density at radius 1 is 0.950 bits per heavy atom. The van der Waals surface area contributed by atoms with Gasteiger partial charge in [-0.05, 0) is 48.5 Å². The van der Waals surface area contributed by atoms with Gasteiger partial charge in [-0.15, -0.1) is 0 Å². The van der Waals surface area contributed by atoms with Crippen LogP contribution in [0.4, 0.5) is 9.59 Å². The van der Waals surface area contributed by atoms with E-state index in [1.165, 1.54) is 7.11 Å². The van der Waals surface area contributed by atoms with Crippen LogP contribution in [0.25, 0.3) is 0 Å². The predicted molar refractivity (Wildman–Crippen MR) is 75.6 cm³/mol. The summed E-state index contributed by atoms with van der Waals surface area (Å²) in [6.45, 7) is 12.3. The molecule has 0 aliphatic heterocycles. The maximum atomic E-state index is 12.1. The number of methoxy groups -OCH3 is 1. The molecule has 1 atom stereocenters. The van der Waals surface area contributed by atoms with E-state index in [4.69, 9.17) is 14.2 Å². The van der Waals surface area contributed by atoms with E-state index in [9.17, 15) is 9.59 Å². The molecule has 0 N–H and O–H groups in total. The van der Waals surface area contributed by atoms with Gasteiger partial charge >= 0.3 is 12.2 Å². The van der Waals surface area contributed by atoms with Crippen molar-refractivity contribution in [2.24, 2.45) is 0 Å². The third kappa shape index (κ3) is 7.33. The van der Waals surface area contributed by atoms with Crippen LogP contribution in [0.5, 0.6) is 0 Å². The Balaban J connectivity index is 5.08. The molecule has 0 aliphatic carbocycles. The number of imide groups is 1. The summed E-state index contributed by atoms with van der Waals surface area (Å²) < 4.78 is 15.5. The number of nitrogens with zero attached hydrogens (tertiary/aromatic N) is 1. The first kappa shape index (κ1) is 18.7. The number of ether oxygens (including phenoxy) is 3. The largest absolute Gasteiger partial charge is 0.443 e. The van der Waals surface area contributed by atoms with Crippen LogP contribution < -0.4 is 0 Å². The minimum absolute atomic E-state index is 0.207. The SMILES string of the molecule is COC[C@@H](C)N(C(=O)OC(C)(C)C)C(=O)OC(C)(C)C. The van der Waals surface area contributed by atoms with E-state index in [1.807, 2.05) is 0 Å². The first-order valence-corrected chi connectivity index (χ1v) is 6.61. The lowest BCUT2D eigenvalue weighted by Gasteiger charge is -2.31. The van der Waals surface area contributed by atoms with Gasteiger partial charge in [0.1, 0.15) is 11.2 Å². The molecule has 0 fully saturated rings. The Kier molecular flexibility index (Phi) is 6.47. The van der Waals surface area contributed by atoms with Crippen molar-refractivity contribution in [1.29, 1.82) is 0 Å². The van der Waals surface area contributed by atoms with Crippen molar-refractivity contribution in [3.63, 3.8) is 0 Å². The second-order valence-electron chi connectivity index (χ2n) is 6.64. The number of amides is 2. The van der Waals surface area contributed by atoms with Crippen molar-refractivity contribution < 1.29 is 23.8 Å². The van der Waals surface area contributed by atoms with E-state index in [0.717, 1.165) is 4.90 Å². The van der Waals surface area contributed by atoms with E-state index < -0.39 is 29.4 Å². The maximum Gasteiger partial charge on any atom is 0.420 e. The average Bonchev–Trinajstić information content (AvgIpc) is 2.11. The van der Waals surface area contributed by atoms with E-state index in [0.29, 0.717) is 0 Å². The Hall–Kier alpha value is -1.30. The number of hydrogen-bond acceptors (Lipinski definition) is 5. The minimum Gasteiger partial charge on any atom is -0.443 e. The van der Waals surface area contributed by atoms with Gasteiger partial charge in [-0.1, -0.05) is 0 Å². The van der Waals surface area contributed by atoms with Crippen LogP contribution in [0.3, 0.4) is 0 Å². The standard InChI is InChI=1S/C14H27NO5/c1-10(9-18-8)15(11(16)19-13(2,3)4)12(17)20-14(5,6)7/h10H,9H2,1-8H3/t10-/m1/s1. The van der Waals surface area contributed by atoms with Crippen molar-refractivity contribution in [3.05, 3.63) is 0 Å². The molecule has 6 heteroatoms. The maximum absolute atomic E-state index is 12.1. The topological polar surface area (TPSA) is 65.1 Å². The van der Waals surface area contributed by atoms with Gasteiger partial charge in [-0.3, -0.25) is 0 Å². The molecule has 0 spiro atoms. The fraction of sp³-hybridized carbons (Fsp3) is 0.857. The molecule has 0 aromatic heterocycles. The molecule has 0 heterocycles. The second-order valence-corrected chi connectivity index (χ2v) is 6.64. The molecule has 0 radical (unpaired) electrons. The summed E-state index contributed by atoms with van der Waals surface area (Å²) in [6.07, 6.45) is -1.48. The van der Waals surface area contributed by atoms with E-state index in [2.05, 4.69) is 0 Å². The zero-order valence-corrected chi connectivity index (χ0v) is 13.8. The number of carbonyl (C=O) groups excluding carboxylic acids is 2. The number of rotatable bonds is 3. The van der Waals surface area contributed by atoms with Gasteiger partial charge in [0.25, 0.3) is 0 Å². The van der Waals surface area contributed by atoms with Crippen molar-refractivity contribution in [1.82, 2.24) is 4.90 Å². The van der Waals surface area contributed by atoms with E-state index >= 15 is 0 Å². The highest BCUT2D eigenvalue weighted by Gasteiger charge is 2.34. The molecule has 0 unspecified atom stereocenters. The predicted octanol–water partition coefficient (Wildman–Crippen LogP) is 3.19. The van der Waals surface area contributed by atoms with Crippen LogP contribution in [0.1, 0.15) is 48.5 Å². The fourth-order valence-corrected chi connectivity index (χ4v) is 1.37. The van der Waals surface area contributed by atoms with Crippen molar-refractivity contribution in [2.75, 3.05) is 13.7 Å². The molecular weight excluding hydrogens is 262 g/mol. The van der Waals surface area contributed by atoms with Gasteiger partial charge in [-0.2, -0.15) is 0 Å². The van der Waals surface area contributed by atoms with Crippen molar-refractivity contribution >= 4 is 12.2 Å². The molecule has 20 heavy (non-hydrogen) atoms. The lowest BCUT2D eigenvalue weighted by Crippen LogP contribution is -2.49. The first-order valence-electron chi connectivity index (χ1n) is 6.61. The van der Waals surface area contributed by atoms with Crippen molar-refractivity contribution in [3.8, 4) is 0 Å². The highest BCUT2D eigenvalue weighted by Crippen LogP contribution is 2.16. The third-order valence-corrected chi connectivity index (χ3v) is 2.03. The molecule has 0 aromatic rings. The second kappa shape index (κ2) is 6.92. The van der Waals surface area contributed by atoms with Gasteiger partial charge in [-0.25, -0.2) is 14.5 Å². The van der Waals surface area contributed by atoms with Gasteiger partial charge in [0.15, 0.2) is 0 Å². The Bertz CT molecular complexity index is 312. The molecular formula is C14H27NO5. The highest BCUT2D eigenvalue weighted by atomic mass is 16.6. The van der Waals surface area contributed by atoms with Gasteiger partial charge in [0.2, 0.25) is 0 Å². The Morgan fingerprint density at radius 3 is 1.55 bits per heavy atom. The van der Waals surface area contributed by atoms with Crippen LogP contribution in [0.15, 0.2) is 0 Å². The number of hydrogen-bond donors (Lipinski definition) is 0. The van der Waals surface area contributed by atoms with E-state index in [1.54, 1.807) is 48.5 Å². The van der Waals surface area contributed by atoms with Crippen LogP contribution >= 0.6 is 0 Å². The highest BCUT2D eigenvalue weighted by molar-refractivity contribution is 5.88. The molecule has 0 bridgehead atoms. The minimum atomic E-state index is -0.740. The van der Waals surface area contributed by atoms with Gasteiger partial charge in [0, 0.05) is 7.11 Å². The van der Waals surface area contributed by atoms with Gasteiger partial charge < -0.3 is 14.2 Å². The van der Waals surface area contributed by atoms with Crippen LogP contribution in [-0.2, 0) is 14.2 Å². The Morgan fingerprint density at radius 2 is 1.30 bits per heavy atom. The molecule has 0 rings (SSSR count). The van der Waals surface area contributed by atoms with Gasteiger partial charge in [0.05, 0.1) is 12.6 Å². The van der Waals surface area contributed by atoms with Crippen LogP contribution in [0.2, 0.25) is 0 Å². The average molecular weight is 289 g/mol. The molecule has 0 saturated heterocycles. The molecule has 0 aliphatic rings. The zero-order valence-electron chi connectivity index (χ0n) is 13.8. The zero-order chi connectivity index (χ0) is 16.1. The molecule has 6 nitrogen and oxygen atoms in total. The summed E-state index contributed by atoms with van der Waals surface area (Å²) in [5, 5.41) is 0. The monoisotopic (exact) mass is 289 g/mol. The summed E-state index contributed by atoms with van der Waals surface area (Å²) in [5.41, 5.74) is -1.38. The van der Waals surface area contributed by atoms with Crippen LogP contribution in [-0.4, -0.2) is 48.0 Å². The summed E-state index contributed by atoms with van der Waals surface area (Å²) in [6, 6.07) is -0.482. The summed E-state index contributed by atoms with van der Waals surface area (Å²) in [7, 11) is 1.50. The lowest BCUT2D eigenvalue weighted by atomic mass is 10.2. The smallest absolute Gasteiger partial charge is 0.420 e. The Labute approximate surface area is 121 Å². The van der Waals surface area contributed by atoms with Crippen molar-refractivity contribution in [2.45, 2.75) is 65.7 Å². The summed E-state index contributed by atoms with van der Waals surface area (Å²) in [5.74, 6) is 0. The molecule has 0 saturated carbocycles. The normalized spacial score (nSPS) is 13.6. The molecule has 2 amide bonds. The summed E-state index contributed by atoms with van der Waals surface area (Å²) in [4.78, 5) is 25.2. The molecule has 118 valence electrons.